The average Bonchev–Trinajstić information content (AvgIpc) is 3.31. The van der Waals surface area contributed by atoms with Gasteiger partial charge in [0.1, 0.15) is 11.9 Å². The Morgan fingerprint density at radius 1 is 1.19 bits per heavy atom. The van der Waals surface area contributed by atoms with Crippen LogP contribution in [0.4, 0.5) is 4.39 Å². The van der Waals surface area contributed by atoms with Crippen molar-refractivity contribution in [2.45, 2.75) is 18.9 Å². The van der Waals surface area contributed by atoms with Crippen LogP contribution in [0.1, 0.15) is 35.1 Å². The van der Waals surface area contributed by atoms with Crippen molar-refractivity contribution >= 4 is 17.5 Å². The molecule has 2 aromatic carbocycles. The van der Waals surface area contributed by atoms with Gasteiger partial charge in [0.05, 0.1) is 5.02 Å². The van der Waals surface area contributed by atoms with Gasteiger partial charge in [-0.05, 0) is 49.2 Å². The second-order valence-corrected chi connectivity index (χ2v) is 6.51. The van der Waals surface area contributed by atoms with Gasteiger partial charge < -0.3 is 9.42 Å². The third-order valence-corrected chi connectivity index (χ3v) is 4.78. The van der Waals surface area contributed by atoms with Crippen molar-refractivity contribution in [3.05, 3.63) is 70.8 Å². The third-order valence-electron chi connectivity index (χ3n) is 4.45. The van der Waals surface area contributed by atoms with Crippen LogP contribution >= 0.6 is 11.6 Å². The molecule has 3 aromatic rings. The van der Waals surface area contributed by atoms with Gasteiger partial charge in [0.25, 0.3) is 5.91 Å². The van der Waals surface area contributed by atoms with Gasteiger partial charge in [0, 0.05) is 17.7 Å². The standard InChI is InChI=1S/C19H15ClFN3O2/c20-15-5-2-1-4-14(15)17-22-18(26-23-17)16-6-3-11-24(16)19(25)12-7-9-13(21)10-8-12/h1-2,4-5,7-10,16H,3,6,11H2/t16-/m0/s1. The first-order chi connectivity index (χ1) is 12.6. The van der Waals surface area contributed by atoms with Crippen LogP contribution in [0.3, 0.4) is 0 Å². The molecule has 0 spiro atoms. The van der Waals surface area contributed by atoms with Crippen LogP contribution in [0, 0.1) is 5.82 Å². The third kappa shape index (κ3) is 3.08. The van der Waals surface area contributed by atoms with E-state index in [1.165, 1.54) is 24.3 Å². The van der Waals surface area contributed by atoms with Gasteiger partial charge >= 0.3 is 0 Å². The van der Waals surface area contributed by atoms with Crippen LogP contribution in [0.15, 0.2) is 53.1 Å². The average molecular weight is 372 g/mol. The first-order valence-corrected chi connectivity index (χ1v) is 8.66. The van der Waals surface area contributed by atoms with Gasteiger partial charge in [-0.2, -0.15) is 4.98 Å². The lowest BCUT2D eigenvalue weighted by Gasteiger charge is -2.21. The van der Waals surface area contributed by atoms with Gasteiger partial charge in [-0.3, -0.25) is 4.79 Å². The molecule has 1 fully saturated rings. The molecule has 0 bridgehead atoms. The Morgan fingerprint density at radius 3 is 2.73 bits per heavy atom. The van der Waals surface area contributed by atoms with Crippen LogP contribution in [0.2, 0.25) is 5.02 Å². The summed E-state index contributed by atoms with van der Waals surface area (Å²) in [7, 11) is 0. The molecule has 1 aromatic heterocycles. The molecule has 1 aliphatic rings. The Morgan fingerprint density at radius 2 is 1.96 bits per heavy atom. The lowest BCUT2D eigenvalue weighted by atomic mass is 10.1. The maximum Gasteiger partial charge on any atom is 0.254 e. The largest absolute Gasteiger partial charge is 0.337 e. The molecule has 2 heterocycles. The predicted molar refractivity (Wildman–Crippen MR) is 94.2 cm³/mol. The number of amides is 1. The van der Waals surface area contributed by atoms with Gasteiger partial charge in [-0.15, -0.1) is 0 Å². The van der Waals surface area contributed by atoms with Crippen molar-refractivity contribution in [3.8, 4) is 11.4 Å². The van der Waals surface area contributed by atoms with Crippen LogP contribution in [-0.2, 0) is 0 Å². The summed E-state index contributed by atoms with van der Waals surface area (Å²) in [6.45, 7) is 0.588. The van der Waals surface area contributed by atoms with Crippen molar-refractivity contribution in [3.63, 3.8) is 0 Å². The normalized spacial score (nSPS) is 16.8. The van der Waals surface area contributed by atoms with Crippen LogP contribution in [-0.4, -0.2) is 27.5 Å². The summed E-state index contributed by atoms with van der Waals surface area (Å²) in [5.74, 6) is 0.227. The number of nitrogens with zero attached hydrogens (tertiary/aromatic N) is 3. The van der Waals surface area contributed by atoms with Gasteiger partial charge in [-0.25, -0.2) is 4.39 Å². The number of carbonyl (C=O) groups excluding carboxylic acids is 1. The number of benzene rings is 2. The SMILES string of the molecule is O=C(c1ccc(F)cc1)N1CCC[C@H]1c1nc(-c2ccccc2Cl)no1. The fourth-order valence-corrected chi connectivity index (χ4v) is 3.37. The van der Waals surface area contributed by atoms with E-state index in [4.69, 9.17) is 16.1 Å². The molecule has 26 heavy (non-hydrogen) atoms. The van der Waals surface area contributed by atoms with Crippen LogP contribution in [0.5, 0.6) is 0 Å². The number of halogens is 2. The molecule has 4 rings (SSSR count). The van der Waals surface area contributed by atoms with Gasteiger partial charge in [-0.1, -0.05) is 28.9 Å². The summed E-state index contributed by atoms with van der Waals surface area (Å²) in [6, 6.07) is 12.5. The zero-order valence-corrected chi connectivity index (χ0v) is 14.5. The molecular formula is C19H15ClFN3O2. The zero-order chi connectivity index (χ0) is 18.1. The number of carbonyl (C=O) groups is 1. The highest BCUT2D eigenvalue weighted by Gasteiger charge is 2.34. The van der Waals surface area contributed by atoms with E-state index in [1.807, 2.05) is 18.2 Å². The highest BCUT2D eigenvalue weighted by atomic mass is 35.5. The lowest BCUT2D eigenvalue weighted by molar-refractivity contribution is 0.0710. The maximum absolute atomic E-state index is 13.1. The molecule has 1 amide bonds. The van der Waals surface area contributed by atoms with Crippen molar-refractivity contribution < 1.29 is 13.7 Å². The molecule has 7 heteroatoms. The summed E-state index contributed by atoms with van der Waals surface area (Å²) < 4.78 is 18.5. The van der Waals surface area contributed by atoms with Crippen LogP contribution < -0.4 is 0 Å². The highest BCUT2D eigenvalue weighted by molar-refractivity contribution is 6.33. The number of aromatic nitrogens is 2. The van der Waals surface area contributed by atoms with E-state index in [0.717, 1.165) is 12.8 Å². The summed E-state index contributed by atoms with van der Waals surface area (Å²) in [4.78, 5) is 18.9. The molecule has 0 radical (unpaired) electrons. The van der Waals surface area contributed by atoms with Crippen molar-refractivity contribution in [2.24, 2.45) is 0 Å². The Bertz CT molecular complexity index is 942. The smallest absolute Gasteiger partial charge is 0.254 e. The lowest BCUT2D eigenvalue weighted by Crippen LogP contribution is -2.30. The molecular weight excluding hydrogens is 357 g/mol. The van der Waals surface area contributed by atoms with Crippen LogP contribution in [0.25, 0.3) is 11.4 Å². The monoisotopic (exact) mass is 371 g/mol. The predicted octanol–water partition coefficient (Wildman–Crippen LogP) is 4.51. The van der Waals surface area contributed by atoms with Gasteiger partial charge in [0.15, 0.2) is 0 Å². The molecule has 0 N–H and O–H groups in total. The fraction of sp³-hybridized carbons (Fsp3) is 0.211. The fourth-order valence-electron chi connectivity index (χ4n) is 3.15. The molecule has 132 valence electrons. The topological polar surface area (TPSA) is 59.2 Å². The Hall–Kier alpha value is -2.73. The van der Waals surface area contributed by atoms with E-state index < -0.39 is 0 Å². The second kappa shape index (κ2) is 6.88. The summed E-state index contributed by atoms with van der Waals surface area (Å²) in [5.41, 5.74) is 1.11. The minimum atomic E-state index is -0.374. The van der Waals surface area contributed by atoms with E-state index in [1.54, 1.807) is 11.0 Å². The number of rotatable bonds is 3. The van der Waals surface area contributed by atoms with E-state index in [2.05, 4.69) is 10.1 Å². The van der Waals surface area contributed by atoms with Gasteiger partial charge in [0.2, 0.25) is 11.7 Å². The maximum atomic E-state index is 13.1. The molecule has 5 nitrogen and oxygen atoms in total. The molecule has 1 aliphatic heterocycles. The van der Waals surface area contributed by atoms with E-state index in [0.29, 0.717) is 34.4 Å². The van der Waals surface area contributed by atoms with E-state index >= 15 is 0 Å². The zero-order valence-electron chi connectivity index (χ0n) is 13.7. The first-order valence-electron chi connectivity index (χ1n) is 8.28. The van der Waals surface area contributed by atoms with E-state index in [9.17, 15) is 9.18 Å². The molecule has 0 aliphatic carbocycles. The Balaban J connectivity index is 1.60. The Kier molecular flexibility index (Phi) is 4.42. The van der Waals surface area contributed by atoms with Crippen molar-refractivity contribution in [1.29, 1.82) is 0 Å². The number of hydrogen-bond acceptors (Lipinski definition) is 4. The first kappa shape index (κ1) is 16.7. The van der Waals surface area contributed by atoms with E-state index in [-0.39, 0.29) is 17.8 Å². The minimum absolute atomic E-state index is 0.176. The summed E-state index contributed by atoms with van der Waals surface area (Å²) in [6.07, 6.45) is 1.57. The summed E-state index contributed by atoms with van der Waals surface area (Å²) in [5, 5.41) is 4.54. The second-order valence-electron chi connectivity index (χ2n) is 6.10. The summed E-state index contributed by atoms with van der Waals surface area (Å²) >= 11 is 6.18. The molecule has 1 atom stereocenters. The van der Waals surface area contributed by atoms with Crippen molar-refractivity contribution in [1.82, 2.24) is 15.0 Å². The Labute approximate surface area is 154 Å². The minimum Gasteiger partial charge on any atom is -0.337 e. The number of hydrogen-bond donors (Lipinski definition) is 0. The molecule has 0 saturated carbocycles. The molecule has 1 saturated heterocycles. The quantitative estimate of drug-likeness (QED) is 0.679. The highest BCUT2D eigenvalue weighted by Crippen LogP contribution is 2.34. The number of likely N-dealkylation sites (tertiary alicyclic amines) is 1. The molecule has 0 unspecified atom stereocenters. The van der Waals surface area contributed by atoms with Crippen molar-refractivity contribution in [2.75, 3.05) is 6.54 Å².